The fraction of sp³-hybridized carbons (Fsp3) is 0.217. The zero-order chi connectivity index (χ0) is 103. The quantitative estimate of drug-likeness (QED) is 0.00814. The van der Waals surface area contributed by atoms with Gasteiger partial charge in [-0.2, -0.15) is 11.3 Å². The maximum Gasteiger partial charge on any atom is 0.123 e. The number of hydrogen-bond donors (Lipinski definition) is 8. The van der Waals surface area contributed by atoms with Crippen LogP contribution in [0.1, 0.15) is 214 Å². The summed E-state index contributed by atoms with van der Waals surface area (Å²) in [5.41, 5.74) is 41.3. The lowest BCUT2D eigenvalue weighted by atomic mass is 9.79. The molecule has 0 amide bonds. The summed E-state index contributed by atoms with van der Waals surface area (Å²) < 4.78 is 100. The molecule has 754 valence electrons. The molecule has 146 heavy (non-hydrogen) atoms. The molecule has 0 spiro atoms. The maximum atomic E-state index is 13.7. The fourth-order valence-corrected chi connectivity index (χ4v) is 18.8. The van der Waals surface area contributed by atoms with Crippen molar-refractivity contribution in [1.82, 2.24) is 16.0 Å². The minimum absolute atomic E-state index is 0.0153. The van der Waals surface area contributed by atoms with Crippen molar-refractivity contribution in [3.63, 3.8) is 0 Å². The average molecular weight is 1980 g/mol. The molecule has 0 bridgehead atoms. The van der Waals surface area contributed by atoms with Crippen LogP contribution in [-0.2, 0) is 11.3 Å². The van der Waals surface area contributed by atoms with E-state index in [0.717, 1.165) is 97.2 Å². The summed E-state index contributed by atoms with van der Waals surface area (Å²) in [6.07, 6.45) is 4.76. The molecule has 12 N–H and O–H groups in total. The zero-order valence-corrected chi connectivity index (χ0v) is 84.5. The predicted molar refractivity (Wildman–Crippen MR) is 591 cm³/mol. The largest absolute Gasteiger partial charge is 0.388 e. The molecule has 5 atom stereocenters. The number of nitrogens with one attached hydrogen (secondary N) is 4. The molecule has 16 aromatic carbocycles. The minimum Gasteiger partial charge on any atom is -0.388 e. The molecule has 0 aliphatic rings. The highest BCUT2D eigenvalue weighted by atomic mass is 32.1. The second-order valence-corrected chi connectivity index (χ2v) is 36.9. The van der Waals surface area contributed by atoms with Crippen molar-refractivity contribution < 1.29 is 35.5 Å². The van der Waals surface area contributed by atoms with Crippen LogP contribution in [0.5, 0.6) is 0 Å². The Hall–Kier alpha value is -14.1. The van der Waals surface area contributed by atoms with E-state index in [-0.39, 0.29) is 94.8 Å². The summed E-state index contributed by atoms with van der Waals surface area (Å²) >= 11 is 1.66. The van der Waals surface area contributed by atoms with Crippen LogP contribution in [0.15, 0.2) is 460 Å². The van der Waals surface area contributed by atoms with Crippen molar-refractivity contribution in [3.05, 3.63) is 595 Å². The SMILES string of the molecule is CC(NCCC(c1cccc(F)c1)c1cccc(F)c1)c1ccccc1.CCC(NCCC(c1ccccc1)c1ccccc1)c1ccccc1.C[C@H](N)[C@H](C)C(c1ccccc1)c1ccccc1.Fc1cccc(C(CCNCc2ccccc2)c2cccc(F)c2)c1.N=C(N)CC(c1cccc(F)c1)c1cccc(F)c1.NCCC(c1ccsc1)c1cccc(F)c1.NCCOC(c1ccccc1)c1ccccc1. The van der Waals surface area contributed by atoms with Gasteiger partial charge in [0.2, 0.25) is 0 Å². The molecule has 9 nitrogen and oxygen atoms in total. The molecule has 0 saturated heterocycles. The summed E-state index contributed by atoms with van der Waals surface area (Å²) in [4.78, 5) is 0. The Kier molecular flexibility index (Phi) is 48.1. The zero-order valence-electron chi connectivity index (χ0n) is 83.7. The van der Waals surface area contributed by atoms with Crippen molar-refractivity contribution >= 4 is 17.2 Å². The van der Waals surface area contributed by atoms with Crippen molar-refractivity contribution in [3.8, 4) is 0 Å². The van der Waals surface area contributed by atoms with E-state index >= 15 is 0 Å². The first-order chi connectivity index (χ1) is 71.2. The number of halogens is 7. The topological polar surface area (TPSA) is 173 Å². The molecule has 0 radical (unpaired) electrons. The summed E-state index contributed by atoms with van der Waals surface area (Å²) in [7, 11) is 0. The minimum atomic E-state index is -0.359. The van der Waals surface area contributed by atoms with Crippen LogP contribution in [0.3, 0.4) is 0 Å². The second kappa shape index (κ2) is 62.6. The molecule has 17 heteroatoms. The Morgan fingerprint density at radius 3 is 0.925 bits per heavy atom. The van der Waals surface area contributed by atoms with Gasteiger partial charge in [0.05, 0.1) is 12.4 Å². The monoisotopic (exact) mass is 1980 g/mol. The highest BCUT2D eigenvalue weighted by Crippen LogP contribution is 2.38. The van der Waals surface area contributed by atoms with E-state index in [0.29, 0.717) is 54.6 Å². The van der Waals surface area contributed by atoms with Gasteiger partial charge in [0.25, 0.3) is 0 Å². The number of benzene rings is 16. The molecule has 1 aromatic heterocycles. The van der Waals surface area contributed by atoms with Crippen molar-refractivity contribution in [2.75, 3.05) is 39.3 Å². The molecule has 1 heterocycles. The third-order valence-corrected chi connectivity index (χ3v) is 26.4. The Labute approximate surface area is 864 Å². The van der Waals surface area contributed by atoms with Gasteiger partial charge in [0.1, 0.15) is 46.8 Å². The lowest BCUT2D eigenvalue weighted by Crippen LogP contribution is -2.29. The van der Waals surface area contributed by atoms with E-state index in [1.54, 1.807) is 72.0 Å². The average Bonchev–Trinajstić information content (AvgIpc) is 0.923. The van der Waals surface area contributed by atoms with E-state index in [2.05, 4.69) is 255 Å². The molecule has 0 saturated carbocycles. The van der Waals surface area contributed by atoms with E-state index in [4.69, 9.17) is 33.1 Å². The third kappa shape index (κ3) is 37.8. The van der Waals surface area contributed by atoms with Crippen molar-refractivity contribution in [2.45, 2.75) is 133 Å². The highest BCUT2D eigenvalue weighted by Gasteiger charge is 2.26. The first kappa shape index (κ1) is 112. The Morgan fingerprint density at radius 2 is 0.610 bits per heavy atom. The number of thiophene rings is 1. The summed E-state index contributed by atoms with van der Waals surface area (Å²) in [5.74, 6) is -0.984. The van der Waals surface area contributed by atoms with E-state index < -0.39 is 0 Å². The van der Waals surface area contributed by atoms with Crippen LogP contribution in [0.4, 0.5) is 30.7 Å². The van der Waals surface area contributed by atoms with Crippen LogP contribution >= 0.6 is 11.3 Å². The standard InChI is InChI=1S/C24H27N.C23H23F2N.C22H21F2N.C17H21N.C15H14F2N2.C15H17NO.C13H14FNS/c1-2-24(22-16-10-5-11-17-22)25-19-18-23(20-12-6-3-7-13-20)21-14-8-4-9-15-21;1-17(18-7-3-2-4-8-18)26-14-13-23(19-9-5-11-21(24)15-19)20-10-6-12-22(25)16-20;23-20-10-4-8-18(14-20)22(19-9-5-11-21(24)15-19)12-13-25-16-17-6-2-1-3-7-17;1-13(14(2)18)17(15-9-5-3-6-10-15)16-11-7-4-8-12-16;16-12-5-1-3-10(7-12)14(9-15(18)19)11-4-2-6-13(17)8-11;16-11-12-17-15(13-7-3-1-4-8-13)14-9-5-2-6-10-14;14-12-3-1-2-10(8-12)13(4-6-15)11-5-7-16-9-11/h3-17,23-25H,2,18-19H2,1H3;2-12,15-17,23,26H,13-14H2,1H3;1-11,14-15,22,25H,12-13,16H2;3-14,17H,18H2,1-2H3;1-8,14H,9H2,(H3,18,19);1-10,15H,11-12,16H2;1-3,5,7-9,13H,4,6,15H2/t;;;13-,14-;;;/m...0.../s1. The number of amidine groups is 1. The molecule has 3 unspecified atom stereocenters. The summed E-state index contributed by atoms with van der Waals surface area (Å²) in [6.45, 7) is 13.7. The van der Waals surface area contributed by atoms with Gasteiger partial charge in [0, 0.05) is 73.1 Å². The number of hydrogen-bond acceptors (Lipinski definition) is 9. The van der Waals surface area contributed by atoms with Crippen molar-refractivity contribution in [1.29, 1.82) is 5.41 Å². The number of nitrogens with two attached hydrogens (primary N) is 4. The van der Waals surface area contributed by atoms with Crippen LogP contribution in [0.25, 0.3) is 0 Å². The van der Waals surface area contributed by atoms with Gasteiger partial charge in [-0.05, 0) is 274 Å². The summed E-state index contributed by atoms with van der Waals surface area (Å²) in [6, 6.07) is 143. The number of rotatable bonds is 39. The predicted octanol–water partition coefficient (Wildman–Crippen LogP) is 30.4. The Morgan fingerprint density at radius 1 is 0.315 bits per heavy atom. The molecule has 0 aliphatic heterocycles. The molecular formula is C129H137F7N8OS. The normalized spacial score (nSPS) is 12.0. The second-order valence-electron chi connectivity index (χ2n) is 36.2. The molecule has 17 rings (SSSR count). The summed E-state index contributed by atoms with van der Waals surface area (Å²) in [5, 5.41) is 22.2. The van der Waals surface area contributed by atoms with Gasteiger partial charge in [-0.3, -0.25) is 5.41 Å². The highest BCUT2D eigenvalue weighted by molar-refractivity contribution is 7.08. The molecule has 0 aliphatic carbocycles. The van der Waals surface area contributed by atoms with Gasteiger partial charge in [-0.25, -0.2) is 30.7 Å². The lowest BCUT2D eigenvalue weighted by Gasteiger charge is -2.28. The van der Waals surface area contributed by atoms with Crippen LogP contribution < -0.4 is 38.9 Å². The van der Waals surface area contributed by atoms with Crippen LogP contribution in [0.2, 0.25) is 0 Å². The number of ether oxygens (including phenoxy) is 1. The van der Waals surface area contributed by atoms with Crippen molar-refractivity contribution in [2.24, 2.45) is 28.9 Å². The third-order valence-electron chi connectivity index (χ3n) is 25.7. The molecule has 17 aromatic rings. The van der Waals surface area contributed by atoms with Gasteiger partial charge in [-0.15, -0.1) is 0 Å². The molecular weight excluding hydrogens is 1840 g/mol. The smallest absolute Gasteiger partial charge is 0.123 e. The lowest BCUT2D eigenvalue weighted by molar-refractivity contribution is 0.0864. The van der Waals surface area contributed by atoms with Gasteiger partial charge in [0.15, 0.2) is 0 Å². The van der Waals surface area contributed by atoms with Crippen LogP contribution in [-0.4, -0.2) is 51.2 Å². The maximum absolute atomic E-state index is 13.7. The first-order valence-corrected chi connectivity index (χ1v) is 51.2. The Balaban J connectivity index is 0.000000163. The fourth-order valence-electron chi connectivity index (χ4n) is 18.0. The Bertz CT molecular complexity index is 6220. The van der Waals surface area contributed by atoms with E-state index in [1.165, 1.54) is 123 Å². The van der Waals surface area contributed by atoms with E-state index in [9.17, 15) is 30.7 Å². The van der Waals surface area contributed by atoms with Gasteiger partial charge < -0.3 is 43.6 Å². The first-order valence-electron chi connectivity index (χ1n) is 50.2. The van der Waals surface area contributed by atoms with Gasteiger partial charge >= 0.3 is 0 Å². The van der Waals surface area contributed by atoms with Crippen LogP contribution in [0, 0.1) is 52.0 Å². The van der Waals surface area contributed by atoms with E-state index in [1.807, 2.05) is 109 Å². The molecule has 0 fully saturated rings. The van der Waals surface area contributed by atoms with Gasteiger partial charge in [-0.1, -0.05) is 372 Å².